The van der Waals surface area contributed by atoms with Gasteiger partial charge in [-0.1, -0.05) is 60.7 Å². The van der Waals surface area contributed by atoms with Crippen LogP contribution in [0.15, 0.2) is 60.7 Å². The zero-order valence-electron chi connectivity index (χ0n) is 12.8. The molecule has 0 heterocycles. The fourth-order valence-corrected chi connectivity index (χ4v) is 3.33. The summed E-state index contributed by atoms with van der Waals surface area (Å²) in [5.74, 6) is -0.275. The molecule has 0 saturated carbocycles. The fourth-order valence-electron chi connectivity index (χ4n) is 2.49. The predicted molar refractivity (Wildman–Crippen MR) is 91.2 cm³/mol. The van der Waals surface area contributed by atoms with Gasteiger partial charge in [0.25, 0.3) is 10.1 Å². The van der Waals surface area contributed by atoms with Crippen LogP contribution in [0.4, 0.5) is 0 Å². The summed E-state index contributed by atoms with van der Waals surface area (Å²) in [6, 6.07) is 19.7. The van der Waals surface area contributed by atoms with Crippen molar-refractivity contribution in [3.05, 3.63) is 71.8 Å². The monoisotopic (exact) mass is 334 g/mol. The van der Waals surface area contributed by atoms with E-state index in [-0.39, 0.29) is 18.2 Å². The zero-order valence-corrected chi connectivity index (χ0v) is 13.7. The van der Waals surface area contributed by atoms with E-state index in [1.165, 1.54) is 0 Å². The topological polar surface area (TPSA) is 95.4 Å². The van der Waals surface area contributed by atoms with E-state index in [2.05, 4.69) is 0 Å². The van der Waals surface area contributed by atoms with Crippen LogP contribution in [0.25, 0.3) is 0 Å². The molecular formula is C17H22N2O3S. The molecule has 1 unspecified atom stereocenters. The van der Waals surface area contributed by atoms with E-state index in [4.69, 9.17) is 15.7 Å². The summed E-state index contributed by atoms with van der Waals surface area (Å²) < 4.78 is 28.4. The van der Waals surface area contributed by atoms with Crippen molar-refractivity contribution < 1.29 is 12.6 Å². The summed E-state index contributed by atoms with van der Waals surface area (Å²) in [5, 5.41) is 0. The lowest BCUT2D eigenvalue weighted by atomic mass is 9.88. The molecule has 0 aromatic heterocycles. The van der Waals surface area contributed by atoms with E-state index in [1.807, 2.05) is 60.7 Å². The van der Waals surface area contributed by atoms with Crippen molar-refractivity contribution in [2.24, 2.45) is 11.5 Å². The zero-order chi connectivity index (χ0) is 16.7. The lowest BCUT2D eigenvalue weighted by molar-refractivity contribution is 0.201. The maximum absolute atomic E-state index is 11.7. The predicted octanol–water partition coefficient (Wildman–Crippen LogP) is 1.80. The first-order valence-electron chi connectivity index (χ1n) is 7.48. The van der Waals surface area contributed by atoms with Crippen molar-refractivity contribution >= 4 is 10.1 Å². The highest BCUT2D eigenvalue weighted by atomic mass is 32.2. The lowest BCUT2D eigenvalue weighted by Crippen LogP contribution is -2.31. The summed E-state index contributed by atoms with van der Waals surface area (Å²) in [5.41, 5.74) is 13.3. The fraction of sp³-hybridized carbons (Fsp3) is 0.294. The Kier molecular flexibility index (Phi) is 6.29. The average Bonchev–Trinajstić information content (AvgIpc) is 2.53. The minimum atomic E-state index is -3.69. The van der Waals surface area contributed by atoms with Crippen LogP contribution in [0, 0.1) is 0 Å². The second kappa shape index (κ2) is 8.21. The first-order chi connectivity index (χ1) is 11.0. The summed E-state index contributed by atoms with van der Waals surface area (Å²) in [7, 11) is -3.69. The minimum Gasteiger partial charge on any atom is -0.329 e. The number of hydrogen-bond donors (Lipinski definition) is 2. The van der Waals surface area contributed by atoms with Crippen LogP contribution in [0.3, 0.4) is 0 Å². The van der Waals surface area contributed by atoms with Gasteiger partial charge in [-0.05, 0) is 17.5 Å². The molecule has 124 valence electrons. The third-order valence-electron chi connectivity index (χ3n) is 3.51. The second-order valence-corrected chi connectivity index (χ2v) is 7.01. The molecular weight excluding hydrogens is 312 g/mol. The number of benzene rings is 2. The maximum atomic E-state index is 11.7. The average molecular weight is 334 g/mol. The first-order valence-corrected chi connectivity index (χ1v) is 9.06. The molecule has 4 N–H and O–H groups in total. The number of nitrogens with two attached hydrogens (primary N) is 2. The highest BCUT2D eigenvalue weighted by molar-refractivity contribution is 7.86. The van der Waals surface area contributed by atoms with Crippen LogP contribution in [0.2, 0.25) is 0 Å². The summed E-state index contributed by atoms with van der Waals surface area (Å²) in [6.07, 6.45) is -0.561. The quantitative estimate of drug-likeness (QED) is 0.567. The van der Waals surface area contributed by atoms with E-state index >= 15 is 0 Å². The van der Waals surface area contributed by atoms with Crippen LogP contribution in [-0.2, 0) is 14.3 Å². The molecule has 0 amide bonds. The van der Waals surface area contributed by atoms with Crippen molar-refractivity contribution in [1.29, 1.82) is 0 Å². The normalized spacial score (nSPS) is 13.2. The molecule has 2 aromatic carbocycles. The second-order valence-electron chi connectivity index (χ2n) is 5.29. The Balaban J connectivity index is 2.19. The van der Waals surface area contributed by atoms with E-state index in [9.17, 15) is 8.42 Å². The molecule has 0 aliphatic heterocycles. The largest absolute Gasteiger partial charge is 0.329 e. The Morgan fingerprint density at radius 1 is 0.913 bits per heavy atom. The number of hydrogen-bond acceptors (Lipinski definition) is 5. The number of rotatable bonds is 8. The molecule has 6 heteroatoms. The molecule has 0 fully saturated rings. The van der Waals surface area contributed by atoms with Crippen molar-refractivity contribution in [2.75, 3.05) is 12.3 Å². The first kappa shape index (κ1) is 17.6. The Morgan fingerprint density at radius 2 is 1.39 bits per heavy atom. The maximum Gasteiger partial charge on any atom is 0.270 e. The smallest absolute Gasteiger partial charge is 0.270 e. The summed E-state index contributed by atoms with van der Waals surface area (Å²) in [4.78, 5) is 0. The van der Waals surface area contributed by atoms with E-state index < -0.39 is 16.3 Å². The van der Waals surface area contributed by atoms with Crippen LogP contribution >= 0.6 is 0 Å². The summed E-state index contributed by atoms with van der Waals surface area (Å²) in [6.45, 7) is 0.00977. The molecule has 2 rings (SSSR count). The van der Waals surface area contributed by atoms with Gasteiger partial charge in [0.1, 0.15) is 6.23 Å². The Morgan fingerprint density at radius 3 is 1.83 bits per heavy atom. The van der Waals surface area contributed by atoms with Gasteiger partial charge in [0, 0.05) is 12.5 Å². The van der Waals surface area contributed by atoms with E-state index in [0.717, 1.165) is 11.1 Å². The van der Waals surface area contributed by atoms with Gasteiger partial charge in [-0.15, -0.1) is 0 Å². The van der Waals surface area contributed by atoms with Crippen molar-refractivity contribution in [3.8, 4) is 0 Å². The van der Waals surface area contributed by atoms with Gasteiger partial charge in [0.05, 0.1) is 5.75 Å². The van der Waals surface area contributed by atoms with Crippen molar-refractivity contribution in [1.82, 2.24) is 0 Å². The Hall–Kier alpha value is -1.73. The van der Waals surface area contributed by atoms with Crippen LogP contribution in [0.5, 0.6) is 0 Å². The minimum absolute atomic E-state index is 0.00977. The Bertz CT molecular complexity index is 651. The molecule has 0 radical (unpaired) electrons. The van der Waals surface area contributed by atoms with E-state index in [1.54, 1.807) is 0 Å². The van der Waals surface area contributed by atoms with Crippen LogP contribution in [0.1, 0.15) is 23.5 Å². The molecule has 2 aromatic rings. The molecule has 0 saturated heterocycles. The van der Waals surface area contributed by atoms with Crippen LogP contribution in [-0.4, -0.2) is 26.9 Å². The molecule has 5 nitrogen and oxygen atoms in total. The van der Waals surface area contributed by atoms with Crippen molar-refractivity contribution in [3.63, 3.8) is 0 Å². The standard InChI is InChI=1S/C17H22N2O3S/c18-11-12-23(20,21)22-17(19)13-16(14-7-3-1-4-8-14)15-9-5-2-6-10-15/h1-10,16-17H,11-13,18-19H2. The van der Waals surface area contributed by atoms with Gasteiger partial charge in [-0.25, -0.2) is 0 Å². The third kappa shape index (κ3) is 5.44. The van der Waals surface area contributed by atoms with Gasteiger partial charge in [-0.3, -0.25) is 4.18 Å². The summed E-state index contributed by atoms with van der Waals surface area (Å²) >= 11 is 0. The lowest BCUT2D eigenvalue weighted by Gasteiger charge is -2.22. The van der Waals surface area contributed by atoms with Gasteiger partial charge >= 0.3 is 0 Å². The van der Waals surface area contributed by atoms with E-state index in [0.29, 0.717) is 6.42 Å². The van der Waals surface area contributed by atoms with Crippen molar-refractivity contribution in [2.45, 2.75) is 18.6 Å². The Labute approximate surface area is 137 Å². The van der Waals surface area contributed by atoms with Crippen LogP contribution < -0.4 is 11.5 Å². The SMILES string of the molecule is NCCS(=O)(=O)OC(N)CC(c1ccccc1)c1ccccc1. The molecule has 0 aliphatic rings. The molecule has 0 bridgehead atoms. The molecule has 23 heavy (non-hydrogen) atoms. The van der Waals surface area contributed by atoms with Gasteiger partial charge in [-0.2, -0.15) is 8.42 Å². The highest BCUT2D eigenvalue weighted by Crippen LogP contribution is 2.29. The highest BCUT2D eigenvalue weighted by Gasteiger charge is 2.22. The molecule has 0 spiro atoms. The van der Waals surface area contributed by atoms with Gasteiger partial charge < -0.3 is 11.5 Å². The molecule has 0 aliphatic carbocycles. The molecule has 1 atom stereocenters. The van der Waals surface area contributed by atoms with Gasteiger partial charge in [0.15, 0.2) is 0 Å². The van der Waals surface area contributed by atoms with Gasteiger partial charge in [0.2, 0.25) is 0 Å². The third-order valence-corrected chi connectivity index (χ3v) is 4.79.